The molecule has 1 aromatic carbocycles. The molecule has 1 fully saturated rings. The molecule has 1 aromatic heterocycles. The minimum Gasteiger partial charge on any atom is -0.368 e. The lowest BCUT2D eigenvalue weighted by atomic mass is 10.0. The summed E-state index contributed by atoms with van der Waals surface area (Å²) in [4.78, 5) is 25.6. The first-order valence-electron chi connectivity index (χ1n) is 8.10. The van der Waals surface area contributed by atoms with E-state index < -0.39 is 11.9 Å². The molecule has 3 N–H and O–H groups in total. The molecule has 1 aliphatic heterocycles. The zero-order chi connectivity index (χ0) is 18.5. The Morgan fingerprint density at radius 2 is 2.23 bits per heavy atom. The number of halogens is 1. The number of nitrogens with one attached hydrogen (secondary N) is 1. The Bertz CT molecular complexity index is 800. The van der Waals surface area contributed by atoms with Gasteiger partial charge < -0.3 is 16.0 Å². The van der Waals surface area contributed by atoms with Gasteiger partial charge in [-0.25, -0.2) is 0 Å². The Morgan fingerprint density at radius 3 is 3.00 bits per heavy atom. The fourth-order valence-corrected chi connectivity index (χ4v) is 4.59. The molecule has 0 radical (unpaired) electrons. The topological polar surface area (TPSA) is 101 Å². The number of rotatable bonds is 6. The fourth-order valence-electron chi connectivity index (χ4n) is 2.74. The maximum Gasteiger partial charge on any atom is 0.240 e. The van der Waals surface area contributed by atoms with Gasteiger partial charge in [-0.05, 0) is 37.5 Å². The molecule has 2 amide bonds. The van der Waals surface area contributed by atoms with Crippen molar-refractivity contribution >= 4 is 57.3 Å². The molecule has 0 aliphatic carbocycles. The van der Waals surface area contributed by atoms with E-state index in [-0.39, 0.29) is 11.7 Å². The molecular formula is C16H18ClN5O2S2. The summed E-state index contributed by atoms with van der Waals surface area (Å²) in [5.41, 5.74) is 6.23. The second kappa shape index (κ2) is 8.70. The van der Waals surface area contributed by atoms with Gasteiger partial charge >= 0.3 is 0 Å². The fraction of sp³-hybridized carbons (Fsp3) is 0.375. The second-order valence-corrected chi connectivity index (χ2v) is 8.43. The molecule has 10 heteroatoms. The van der Waals surface area contributed by atoms with Crippen LogP contribution in [0.5, 0.6) is 0 Å². The van der Waals surface area contributed by atoms with Crippen LogP contribution >= 0.6 is 34.7 Å². The average Bonchev–Trinajstić information content (AvgIpc) is 3.07. The first kappa shape index (κ1) is 18.9. The third-order valence-corrected chi connectivity index (χ3v) is 6.14. The van der Waals surface area contributed by atoms with Crippen LogP contribution in [-0.4, -0.2) is 45.3 Å². The van der Waals surface area contributed by atoms with Gasteiger partial charge in [0, 0.05) is 17.3 Å². The first-order chi connectivity index (χ1) is 12.5. The van der Waals surface area contributed by atoms with E-state index in [1.807, 2.05) is 12.1 Å². The standard InChI is InChI=1S/C16H18ClN5O2S2/c17-10-4-3-5-11(8-10)19-15-20-21-16(26-15)25-9-13(23)22-7-2-1-6-12(22)14(18)24/h3-5,8,12H,1-2,6-7,9H2,(H2,18,24)(H,19,20)/t12-/m0/s1. The van der Waals surface area contributed by atoms with Crippen LogP contribution in [0.2, 0.25) is 5.02 Å². The number of amides is 2. The molecule has 1 atom stereocenters. The zero-order valence-electron chi connectivity index (χ0n) is 13.9. The van der Waals surface area contributed by atoms with Gasteiger partial charge in [0.25, 0.3) is 0 Å². The van der Waals surface area contributed by atoms with Crippen LogP contribution in [0.3, 0.4) is 0 Å². The zero-order valence-corrected chi connectivity index (χ0v) is 16.2. The number of hydrogen-bond donors (Lipinski definition) is 2. The van der Waals surface area contributed by atoms with Crippen molar-refractivity contribution in [2.75, 3.05) is 17.6 Å². The van der Waals surface area contributed by atoms with E-state index in [0.29, 0.717) is 27.5 Å². The Labute approximate surface area is 164 Å². The lowest BCUT2D eigenvalue weighted by Crippen LogP contribution is -2.51. The molecule has 0 unspecified atom stereocenters. The normalized spacial score (nSPS) is 17.1. The lowest BCUT2D eigenvalue weighted by Gasteiger charge is -2.33. The summed E-state index contributed by atoms with van der Waals surface area (Å²) in [5, 5.41) is 12.5. The van der Waals surface area contributed by atoms with Crippen molar-refractivity contribution in [1.29, 1.82) is 0 Å². The highest BCUT2D eigenvalue weighted by Crippen LogP contribution is 2.29. The number of nitrogens with two attached hydrogens (primary N) is 1. The lowest BCUT2D eigenvalue weighted by molar-refractivity contribution is -0.138. The van der Waals surface area contributed by atoms with Crippen LogP contribution in [-0.2, 0) is 9.59 Å². The summed E-state index contributed by atoms with van der Waals surface area (Å²) < 4.78 is 0.676. The van der Waals surface area contributed by atoms with E-state index in [2.05, 4.69) is 15.5 Å². The number of thioether (sulfide) groups is 1. The van der Waals surface area contributed by atoms with Crippen molar-refractivity contribution in [3.63, 3.8) is 0 Å². The van der Waals surface area contributed by atoms with E-state index in [1.54, 1.807) is 17.0 Å². The molecule has 0 saturated carbocycles. The smallest absolute Gasteiger partial charge is 0.240 e. The van der Waals surface area contributed by atoms with Crippen LogP contribution in [0.15, 0.2) is 28.6 Å². The van der Waals surface area contributed by atoms with Gasteiger partial charge in [0.2, 0.25) is 16.9 Å². The molecule has 1 aliphatic rings. The largest absolute Gasteiger partial charge is 0.368 e. The SMILES string of the molecule is NC(=O)[C@@H]1CCCCN1C(=O)CSc1nnc(Nc2cccc(Cl)c2)s1. The Balaban J connectivity index is 1.55. The average molecular weight is 412 g/mol. The summed E-state index contributed by atoms with van der Waals surface area (Å²) in [6, 6.07) is 6.81. The van der Waals surface area contributed by atoms with Crippen molar-refractivity contribution in [1.82, 2.24) is 15.1 Å². The number of hydrogen-bond acceptors (Lipinski definition) is 7. The van der Waals surface area contributed by atoms with Gasteiger partial charge in [-0.1, -0.05) is 40.8 Å². The van der Waals surface area contributed by atoms with Gasteiger partial charge in [0.05, 0.1) is 5.75 Å². The predicted molar refractivity (Wildman–Crippen MR) is 104 cm³/mol. The highest BCUT2D eigenvalue weighted by molar-refractivity contribution is 8.01. The van der Waals surface area contributed by atoms with Crippen LogP contribution in [0, 0.1) is 0 Å². The maximum absolute atomic E-state index is 12.4. The maximum atomic E-state index is 12.4. The molecule has 138 valence electrons. The van der Waals surface area contributed by atoms with Crippen molar-refractivity contribution in [2.45, 2.75) is 29.6 Å². The molecule has 2 aromatic rings. The third-order valence-electron chi connectivity index (χ3n) is 3.95. The summed E-state index contributed by atoms with van der Waals surface area (Å²) in [6.45, 7) is 0.574. The van der Waals surface area contributed by atoms with E-state index in [0.717, 1.165) is 18.5 Å². The molecule has 3 rings (SSSR count). The van der Waals surface area contributed by atoms with Crippen LogP contribution < -0.4 is 11.1 Å². The molecule has 2 heterocycles. The van der Waals surface area contributed by atoms with Crippen LogP contribution in [0.25, 0.3) is 0 Å². The number of carbonyl (C=O) groups is 2. The van der Waals surface area contributed by atoms with Gasteiger partial charge in [0.15, 0.2) is 4.34 Å². The summed E-state index contributed by atoms with van der Waals surface area (Å²) >= 11 is 8.62. The molecule has 1 saturated heterocycles. The number of likely N-dealkylation sites (tertiary alicyclic amines) is 1. The Kier molecular flexibility index (Phi) is 6.33. The van der Waals surface area contributed by atoms with Crippen molar-refractivity contribution < 1.29 is 9.59 Å². The quantitative estimate of drug-likeness (QED) is 0.708. The monoisotopic (exact) mass is 411 g/mol. The van der Waals surface area contributed by atoms with E-state index >= 15 is 0 Å². The van der Waals surface area contributed by atoms with Gasteiger partial charge in [0.1, 0.15) is 6.04 Å². The Hall–Kier alpha value is -1.84. The molecule has 0 bridgehead atoms. The predicted octanol–water partition coefficient (Wildman–Crippen LogP) is 2.89. The van der Waals surface area contributed by atoms with Gasteiger partial charge in [-0.3, -0.25) is 9.59 Å². The van der Waals surface area contributed by atoms with Crippen molar-refractivity contribution in [2.24, 2.45) is 5.73 Å². The third kappa shape index (κ3) is 4.87. The van der Waals surface area contributed by atoms with Crippen molar-refractivity contribution in [3.05, 3.63) is 29.3 Å². The number of primary amides is 1. The number of piperidine rings is 1. The van der Waals surface area contributed by atoms with Crippen LogP contribution in [0.1, 0.15) is 19.3 Å². The second-order valence-electron chi connectivity index (χ2n) is 5.80. The van der Waals surface area contributed by atoms with Gasteiger partial charge in [-0.15, -0.1) is 10.2 Å². The summed E-state index contributed by atoms with van der Waals surface area (Å²) in [6.07, 6.45) is 2.45. The van der Waals surface area contributed by atoms with E-state index in [9.17, 15) is 9.59 Å². The number of nitrogens with zero attached hydrogens (tertiary/aromatic N) is 3. The Morgan fingerprint density at radius 1 is 1.38 bits per heavy atom. The molecule has 7 nitrogen and oxygen atoms in total. The first-order valence-corrected chi connectivity index (χ1v) is 10.3. The van der Waals surface area contributed by atoms with Crippen molar-refractivity contribution in [3.8, 4) is 0 Å². The van der Waals surface area contributed by atoms with E-state index in [1.165, 1.54) is 23.1 Å². The molecule has 0 spiro atoms. The number of anilines is 2. The summed E-state index contributed by atoms with van der Waals surface area (Å²) in [5.74, 6) is -0.333. The number of benzene rings is 1. The molecule has 26 heavy (non-hydrogen) atoms. The minimum absolute atomic E-state index is 0.0990. The number of aromatic nitrogens is 2. The van der Waals surface area contributed by atoms with Gasteiger partial charge in [-0.2, -0.15) is 0 Å². The highest BCUT2D eigenvalue weighted by atomic mass is 35.5. The highest BCUT2D eigenvalue weighted by Gasteiger charge is 2.30. The van der Waals surface area contributed by atoms with Crippen LogP contribution in [0.4, 0.5) is 10.8 Å². The van der Waals surface area contributed by atoms with E-state index in [4.69, 9.17) is 17.3 Å². The summed E-state index contributed by atoms with van der Waals surface area (Å²) in [7, 11) is 0. The number of carbonyl (C=O) groups excluding carboxylic acids is 2. The minimum atomic E-state index is -0.494. The molecular weight excluding hydrogens is 394 g/mol.